The summed E-state index contributed by atoms with van der Waals surface area (Å²) in [6.07, 6.45) is 7.32. The van der Waals surface area contributed by atoms with Gasteiger partial charge < -0.3 is 15.0 Å². The molecule has 0 spiro atoms. The number of imidazole rings is 1. The fourth-order valence-corrected chi connectivity index (χ4v) is 2.02. The lowest BCUT2D eigenvalue weighted by Crippen LogP contribution is -2.38. The van der Waals surface area contributed by atoms with E-state index < -0.39 is 0 Å². The number of hydrogen-bond acceptors (Lipinski definition) is 2. The van der Waals surface area contributed by atoms with Crippen LogP contribution in [0.4, 0.5) is 0 Å². The molecular formula is C15H24IN5. The van der Waals surface area contributed by atoms with Crippen molar-refractivity contribution in [2.24, 2.45) is 4.99 Å². The number of guanidine groups is 1. The number of aromatic nitrogens is 2. The zero-order valence-corrected chi connectivity index (χ0v) is 15.0. The molecule has 0 aromatic carbocycles. The molecule has 0 unspecified atom stereocenters. The van der Waals surface area contributed by atoms with Gasteiger partial charge in [-0.15, -0.1) is 24.0 Å². The molecule has 0 radical (unpaired) electrons. The lowest BCUT2D eigenvalue weighted by atomic mass is 10.3. The number of hydrogen-bond donors (Lipinski definition) is 2. The van der Waals surface area contributed by atoms with Gasteiger partial charge in [-0.05, 0) is 18.6 Å². The summed E-state index contributed by atoms with van der Waals surface area (Å²) in [5.41, 5.74) is 2.08. The maximum atomic E-state index is 4.57. The highest BCUT2D eigenvalue weighted by Gasteiger charge is 2.01. The van der Waals surface area contributed by atoms with Crippen molar-refractivity contribution in [2.75, 3.05) is 20.1 Å². The molecule has 6 heteroatoms. The van der Waals surface area contributed by atoms with Crippen LogP contribution >= 0.6 is 24.0 Å². The first-order valence-electron chi connectivity index (χ1n) is 7.20. The van der Waals surface area contributed by atoms with E-state index in [9.17, 15) is 0 Å². The number of rotatable bonds is 6. The van der Waals surface area contributed by atoms with Gasteiger partial charge in [0.2, 0.25) is 0 Å². The number of nitrogens with one attached hydrogen (secondary N) is 2. The van der Waals surface area contributed by atoms with Crippen molar-refractivity contribution in [3.05, 3.63) is 36.3 Å². The minimum absolute atomic E-state index is 0. The van der Waals surface area contributed by atoms with Crippen molar-refractivity contribution in [3.8, 4) is 0 Å². The Hall–Kier alpha value is -1.31. The molecule has 0 aliphatic carbocycles. The summed E-state index contributed by atoms with van der Waals surface area (Å²) in [5, 5.41) is 6.61. The summed E-state index contributed by atoms with van der Waals surface area (Å²) in [7, 11) is 1.80. The maximum absolute atomic E-state index is 4.57. The van der Waals surface area contributed by atoms with Gasteiger partial charge in [0.1, 0.15) is 5.65 Å². The molecule has 0 saturated heterocycles. The van der Waals surface area contributed by atoms with Gasteiger partial charge in [-0.25, -0.2) is 4.98 Å². The van der Waals surface area contributed by atoms with E-state index in [0.717, 1.165) is 43.2 Å². The van der Waals surface area contributed by atoms with Crippen LogP contribution in [0.2, 0.25) is 0 Å². The molecule has 0 amide bonds. The Labute approximate surface area is 143 Å². The van der Waals surface area contributed by atoms with Crippen LogP contribution in [0.25, 0.3) is 5.65 Å². The standard InChI is InChI=1S/C15H23N5.HI/c1-3-4-9-17-15(16-2)18-10-8-13-12-20-11-6-5-7-14(20)19-13;/h5-7,11-12H,3-4,8-10H2,1-2H3,(H2,16,17,18);1H. The largest absolute Gasteiger partial charge is 0.356 e. The third-order valence-electron chi connectivity index (χ3n) is 3.13. The first kappa shape index (κ1) is 17.7. The van der Waals surface area contributed by atoms with Gasteiger partial charge in [0.15, 0.2) is 5.96 Å². The second kappa shape index (κ2) is 9.59. The normalized spacial score (nSPS) is 11.2. The number of aliphatic imine (C=N–C) groups is 1. The first-order valence-corrected chi connectivity index (χ1v) is 7.20. The monoisotopic (exact) mass is 401 g/mol. The molecule has 5 nitrogen and oxygen atoms in total. The average molecular weight is 401 g/mol. The van der Waals surface area contributed by atoms with Crippen LogP contribution in [0.15, 0.2) is 35.6 Å². The fraction of sp³-hybridized carbons (Fsp3) is 0.467. The highest BCUT2D eigenvalue weighted by molar-refractivity contribution is 14.0. The molecule has 2 aromatic rings. The van der Waals surface area contributed by atoms with Gasteiger partial charge in [0.05, 0.1) is 5.69 Å². The molecule has 2 N–H and O–H groups in total. The minimum Gasteiger partial charge on any atom is -0.356 e. The van der Waals surface area contributed by atoms with Gasteiger partial charge in [-0.3, -0.25) is 4.99 Å². The van der Waals surface area contributed by atoms with Gasteiger partial charge in [0.25, 0.3) is 0 Å². The van der Waals surface area contributed by atoms with Gasteiger partial charge >= 0.3 is 0 Å². The summed E-state index contributed by atoms with van der Waals surface area (Å²) < 4.78 is 2.05. The minimum atomic E-state index is 0. The topological polar surface area (TPSA) is 53.7 Å². The molecule has 2 rings (SSSR count). The summed E-state index contributed by atoms with van der Waals surface area (Å²) in [6.45, 7) is 3.97. The molecule has 2 aromatic heterocycles. The Balaban J connectivity index is 0.00000220. The molecule has 21 heavy (non-hydrogen) atoms. The van der Waals surface area contributed by atoms with E-state index in [2.05, 4.69) is 33.7 Å². The molecule has 2 heterocycles. The van der Waals surface area contributed by atoms with E-state index in [1.54, 1.807) is 7.05 Å². The zero-order valence-electron chi connectivity index (χ0n) is 12.7. The predicted molar refractivity (Wildman–Crippen MR) is 98.6 cm³/mol. The maximum Gasteiger partial charge on any atom is 0.190 e. The molecular weight excluding hydrogens is 377 g/mol. The van der Waals surface area contributed by atoms with Crippen LogP contribution < -0.4 is 10.6 Å². The Morgan fingerprint density at radius 2 is 2.10 bits per heavy atom. The van der Waals surface area contributed by atoms with E-state index in [1.807, 2.05) is 28.8 Å². The number of nitrogens with zero attached hydrogens (tertiary/aromatic N) is 3. The molecule has 0 saturated carbocycles. The Morgan fingerprint density at radius 1 is 1.29 bits per heavy atom. The van der Waals surface area contributed by atoms with Crippen LogP contribution in [-0.2, 0) is 6.42 Å². The Morgan fingerprint density at radius 3 is 2.81 bits per heavy atom. The Kier molecular flexibility index (Phi) is 8.11. The highest BCUT2D eigenvalue weighted by Crippen LogP contribution is 2.04. The number of unbranched alkanes of at least 4 members (excludes halogenated alkanes) is 1. The van der Waals surface area contributed by atoms with Crippen LogP contribution in [-0.4, -0.2) is 35.5 Å². The lowest BCUT2D eigenvalue weighted by Gasteiger charge is -2.10. The fourth-order valence-electron chi connectivity index (χ4n) is 2.02. The Bertz CT molecular complexity index is 531. The van der Waals surface area contributed by atoms with Crippen molar-refractivity contribution < 1.29 is 0 Å². The average Bonchev–Trinajstić information content (AvgIpc) is 2.88. The predicted octanol–water partition coefficient (Wildman–Crippen LogP) is 2.46. The van der Waals surface area contributed by atoms with E-state index in [4.69, 9.17) is 0 Å². The van der Waals surface area contributed by atoms with Crippen molar-refractivity contribution in [3.63, 3.8) is 0 Å². The number of pyridine rings is 1. The van der Waals surface area contributed by atoms with E-state index in [0.29, 0.717) is 0 Å². The number of halogens is 1. The first-order chi connectivity index (χ1) is 9.83. The van der Waals surface area contributed by atoms with Crippen molar-refractivity contribution in [1.82, 2.24) is 20.0 Å². The molecule has 0 aliphatic heterocycles. The van der Waals surface area contributed by atoms with Gasteiger partial charge in [0, 0.05) is 39.0 Å². The second-order valence-electron chi connectivity index (χ2n) is 4.73. The van der Waals surface area contributed by atoms with Crippen LogP contribution in [0.5, 0.6) is 0 Å². The van der Waals surface area contributed by atoms with Crippen molar-refractivity contribution >= 4 is 35.6 Å². The van der Waals surface area contributed by atoms with E-state index >= 15 is 0 Å². The molecule has 0 bridgehead atoms. The zero-order chi connectivity index (χ0) is 14.2. The summed E-state index contributed by atoms with van der Waals surface area (Å²) >= 11 is 0. The van der Waals surface area contributed by atoms with E-state index in [1.165, 1.54) is 6.42 Å². The summed E-state index contributed by atoms with van der Waals surface area (Å²) in [4.78, 5) is 8.78. The lowest BCUT2D eigenvalue weighted by molar-refractivity contribution is 0.725. The highest BCUT2D eigenvalue weighted by atomic mass is 127. The van der Waals surface area contributed by atoms with Crippen molar-refractivity contribution in [2.45, 2.75) is 26.2 Å². The quantitative estimate of drug-likeness (QED) is 0.339. The smallest absolute Gasteiger partial charge is 0.190 e. The van der Waals surface area contributed by atoms with Crippen LogP contribution in [0.3, 0.4) is 0 Å². The molecule has 0 aliphatic rings. The molecule has 0 fully saturated rings. The van der Waals surface area contributed by atoms with Gasteiger partial charge in [-0.1, -0.05) is 19.4 Å². The number of fused-ring (bicyclic) bond motifs is 1. The van der Waals surface area contributed by atoms with Crippen molar-refractivity contribution in [1.29, 1.82) is 0 Å². The third-order valence-corrected chi connectivity index (χ3v) is 3.13. The summed E-state index contributed by atoms with van der Waals surface area (Å²) in [5.74, 6) is 0.863. The van der Waals surface area contributed by atoms with Crippen LogP contribution in [0, 0.1) is 0 Å². The molecule has 116 valence electrons. The summed E-state index contributed by atoms with van der Waals surface area (Å²) in [6, 6.07) is 6.03. The third kappa shape index (κ3) is 5.53. The SMILES string of the molecule is CCCCNC(=NC)NCCc1cn2ccccc2n1.I. The second-order valence-corrected chi connectivity index (χ2v) is 4.73. The van der Waals surface area contributed by atoms with Gasteiger partial charge in [-0.2, -0.15) is 0 Å². The van der Waals surface area contributed by atoms with Crippen LogP contribution in [0.1, 0.15) is 25.5 Å². The van der Waals surface area contributed by atoms with E-state index in [-0.39, 0.29) is 24.0 Å². The molecule has 0 atom stereocenters.